The van der Waals surface area contributed by atoms with Gasteiger partial charge in [-0.3, -0.25) is 4.79 Å². The third-order valence-corrected chi connectivity index (χ3v) is 1.82. The number of hydrogen-bond donors (Lipinski definition) is 0. The number of nitrogens with zero attached hydrogens (tertiary/aromatic N) is 4. The predicted octanol–water partition coefficient (Wildman–Crippen LogP) is 0.775. The lowest BCUT2D eigenvalue weighted by Crippen LogP contribution is -2.19. The number of rotatable bonds is 2. The molecule has 5 nitrogen and oxygen atoms in total. The van der Waals surface area contributed by atoms with Crippen molar-refractivity contribution in [2.75, 3.05) is 20.1 Å². The average Bonchev–Trinajstić information content (AvgIpc) is 2.28. The zero-order chi connectivity index (χ0) is 8.27. The van der Waals surface area contributed by atoms with Crippen molar-refractivity contribution in [1.82, 2.24) is 4.90 Å². The molecule has 11 heavy (non-hydrogen) atoms. The maximum absolute atomic E-state index is 10.9. The Morgan fingerprint density at radius 2 is 2.64 bits per heavy atom. The Labute approximate surface area is 64.6 Å². The molecule has 0 spiro atoms. The van der Waals surface area contributed by atoms with Crippen LogP contribution in [0, 0.1) is 5.92 Å². The fraction of sp³-hybridized carbons (Fsp3) is 0.833. The van der Waals surface area contributed by atoms with Crippen molar-refractivity contribution < 1.29 is 4.79 Å². The van der Waals surface area contributed by atoms with E-state index in [0.717, 1.165) is 6.54 Å². The van der Waals surface area contributed by atoms with Gasteiger partial charge in [0.15, 0.2) is 0 Å². The summed E-state index contributed by atoms with van der Waals surface area (Å²) in [5.74, 6) is 0.367. The number of hydrogen-bond acceptors (Lipinski definition) is 2. The summed E-state index contributed by atoms with van der Waals surface area (Å²) in [4.78, 5) is 15.2. The fourth-order valence-corrected chi connectivity index (χ4v) is 1.23. The highest BCUT2D eigenvalue weighted by molar-refractivity contribution is 5.78. The summed E-state index contributed by atoms with van der Waals surface area (Å²) in [5.41, 5.74) is 8.02. The van der Waals surface area contributed by atoms with Crippen LogP contribution in [0.15, 0.2) is 5.11 Å². The molecule has 0 radical (unpaired) electrons. The highest BCUT2D eigenvalue weighted by Gasteiger charge is 2.25. The van der Waals surface area contributed by atoms with Gasteiger partial charge in [-0.15, -0.1) is 0 Å². The number of amides is 1. The zero-order valence-electron chi connectivity index (χ0n) is 6.40. The van der Waals surface area contributed by atoms with Crippen LogP contribution in [-0.4, -0.2) is 30.9 Å². The Morgan fingerprint density at radius 3 is 3.09 bits per heavy atom. The lowest BCUT2D eigenvalue weighted by molar-refractivity contribution is -0.126. The minimum atomic E-state index is 0.142. The second kappa shape index (κ2) is 3.25. The normalized spacial score (nSPS) is 23.5. The van der Waals surface area contributed by atoms with Crippen molar-refractivity contribution >= 4 is 5.91 Å². The summed E-state index contributed by atoms with van der Waals surface area (Å²) in [5, 5.41) is 3.42. The third kappa shape index (κ3) is 1.85. The number of likely N-dealkylation sites (tertiary alicyclic amines) is 1. The molecule has 60 valence electrons. The molecule has 0 bridgehead atoms. The van der Waals surface area contributed by atoms with E-state index in [2.05, 4.69) is 10.0 Å². The summed E-state index contributed by atoms with van der Waals surface area (Å²) in [6.07, 6.45) is 0.523. The van der Waals surface area contributed by atoms with Crippen LogP contribution in [0.25, 0.3) is 10.4 Å². The molecule has 0 aliphatic carbocycles. The van der Waals surface area contributed by atoms with Crippen molar-refractivity contribution in [2.45, 2.75) is 6.42 Å². The van der Waals surface area contributed by atoms with Gasteiger partial charge in [-0.1, -0.05) is 5.11 Å². The molecular formula is C6H10N4O. The molecule has 1 rings (SSSR count). The maximum atomic E-state index is 10.9. The minimum absolute atomic E-state index is 0.142. The summed E-state index contributed by atoms with van der Waals surface area (Å²) >= 11 is 0. The van der Waals surface area contributed by atoms with Crippen molar-refractivity contribution in [3.05, 3.63) is 10.4 Å². The lowest BCUT2D eigenvalue weighted by Gasteiger charge is -2.06. The topological polar surface area (TPSA) is 69.1 Å². The third-order valence-electron chi connectivity index (χ3n) is 1.82. The minimum Gasteiger partial charge on any atom is -0.345 e. The molecule has 1 unspecified atom stereocenters. The first kappa shape index (κ1) is 7.88. The Morgan fingerprint density at radius 1 is 1.91 bits per heavy atom. The zero-order valence-corrected chi connectivity index (χ0v) is 6.40. The van der Waals surface area contributed by atoms with E-state index >= 15 is 0 Å². The van der Waals surface area contributed by atoms with Gasteiger partial charge in [0.05, 0.1) is 0 Å². The summed E-state index contributed by atoms with van der Waals surface area (Å²) in [7, 11) is 1.76. The smallest absolute Gasteiger partial charge is 0.222 e. The van der Waals surface area contributed by atoms with E-state index in [1.165, 1.54) is 0 Å². The van der Waals surface area contributed by atoms with Gasteiger partial charge >= 0.3 is 0 Å². The van der Waals surface area contributed by atoms with E-state index in [4.69, 9.17) is 5.53 Å². The van der Waals surface area contributed by atoms with Crippen LogP contribution < -0.4 is 0 Å². The first-order valence-electron chi connectivity index (χ1n) is 3.49. The molecule has 0 saturated carbocycles. The molecule has 1 saturated heterocycles. The van der Waals surface area contributed by atoms with Crippen LogP contribution in [-0.2, 0) is 4.79 Å². The van der Waals surface area contributed by atoms with Crippen molar-refractivity contribution in [3.8, 4) is 0 Å². The lowest BCUT2D eigenvalue weighted by atomic mass is 10.1. The summed E-state index contributed by atoms with van der Waals surface area (Å²) in [6, 6.07) is 0. The van der Waals surface area contributed by atoms with E-state index in [1.807, 2.05) is 0 Å². The highest BCUT2D eigenvalue weighted by Crippen LogP contribution is 2.15. The predicted molar refractivity (Wildman–Crippen MR) is 39.8 cm³/mol. The van der Waals surface area contributed by atoms with E-state index in [1.54, 1.807) is 11.9 Å². The molecule has 1 heterocycles. The Bertz CT molecular complexity index is 207. The van der Waals surface area contributed by atoms with Gasteiger partial charge in [0.25, 0.3) is 0 Å². The second-order valence-corrected chi connectivity index (χ2v) is 2.76. The van der Waals surface area contributed by atoms with Gasteiger partial charge in [-0.2, -0.15) is 0 Å². The van der Waals surface area contributed by atoms with E-state index in [0.29, 0.717) is 13.0 Å². The van der Waals surface area contributed by atoms with Gasteiger partial charge < -0.3 is 4.90 Å². The maximum Gasteiger partial charge on any atom is 0.222 e. The molecule has 1 amide bonds. The summed E-state index contributed by atoms with van der Waals surface area (Å²) < 4.78 is 0. The Kier molecular flexibility index (Phi) is 2.33. The first-order chi connectivity index (χ1) is 5.24. The molecular weight excluding hydrogens is 144 g/mol. The van der Waals surface area contributed by atoms with Crippen molar-refractivity contribution in [2.24, 2.45) is 11.0 Å². The Balaban J connectivity index is 2.40. The molecule has 5 heteroatoms. The highest BCUT2D eigenvalue weighted by atomic mass is 16.2. The van der Waals surface area contributed by atoms with Crippen LogP contribution >= 0.6 is 0 Å². The number of carbonyl (C=O) groups excluding carboxylic acids is 1. The molecule has 1 atom stereocenters. The van der Waals surface area contributed by atoms with Crippen molar-refractivity contribution in [3.63, 3.8) is 0 Å². The van der Waals surface area contributed by atoms with Gasteiger partial charge in [0.2, 0.25) is 5.91 Å². The standard InChI is InChI=1S/C6H10N4O/c1-10-4-5(2-6(10)11)3-8-9-7/h5H,2-4H2,1H3. The van der Waals surface area contributed by atoms with Gasteiger partial charge in [0, 0.05) is 31.5 Å². The van der Waals surface area contributed by atoms with Gasteiger partial charge in [0.1, 0.15) is 0 Å². The van der Waals surface area contributed by atoms with Gasteiger partial charge in [-0.05, 0) is 11.4 Å². The van der Waals surface area contributed by atoms with E-state index in [-0.39, 0.29) is 11.8 Å². The van der Waals surface area contributed by atoms with Crippen LogP contribution in [0.5, 0.6) is 0 Å². The molecule has 0 aromatic heterocycles. The molecule has 1 fully saturated rings. The van der Waals surface area contributed by atoms with Crippen LogP contribution in [0.3, 0.4) is 0 Å². The van der Waals surface area contributed by atoms with E-state index in [9.17, 15) is 4.79 Å². The molecule has 0 aromatic rings. The molecule has 0 aromatic carbocycles. The van der Waals surface area contributed by atoms with Crippen LogP contribution in [0.4, 0.5) is 0 Å². The van der Waals surface area contributed by atoms with Crippen LogP contribution in [0.1, 0.15) is 6.42 Å². The quantitative estimate of drug-likeness (QED) is 0.329. The van der Waals surface area contributed by atoms with Gasteiger partial charge in [-0.25, -0.2) is 0 Å². The monoisotopic (exact) mass is 154 g/mol. The molecule has 1 aliphatic heterocycles. The summed E-state index contributed by atoms with van der Waals surface area (Å²) in [6.45, 7) is 1.16. The van der Waals surface area contributed by atoms with Crippen LogP contribution in [0.2, 0.25) is 0 Å². The molecule has 0 N–H and O–H groups in total. The molecule has 1 aliphatic rings. The van der Waals surface area contributed by atoms with E-state index < -0.39 is 0 Å². The van der Waals surface area contributed by atoms with Crippen molar-refractivity contribution in [1.29, 1.82) is 0 Å². The second-order valence-electron chi connectivity index (χ2n) is 2.76. The number of azide groups is 1. The first-order valence-corrected chi connectivity index (χ1v) is 3.49. The average molecular weight is 154 g/mol. The fourth-order valence-electron chi connectivity index (χ4n) is 1.23. The largest absolute Gasteiger partial charge is 0.345 e. The number of carbonyl (C=O) groups is 1. The SMILES string of the molecule is CN1CC(CN=[N+]=[N-])CC1=O. The Hall–Kier alpha value is -1.22.